The first-order valence-corrected chi connectivity index (χ1v) is 8.49. The number of carbonyl (C=O) groups excluding carboxylic acids is 1. The zero-order valence-electron chi connectivity index (χ0n) is 13.3. The van der Waals surface area contributed by atoms with Gasteiger partial charge in [0.15, 0.2) is 18.1 Å². The highest BCUT2D eigenvalue weighted by Crippen LogP contribution is 2.37. The molecule has 1 saturated carbocycles. The molecule has 1 fully saturated rings. The van der Waals surface area contributed by atoms with Crippen molar-refractivity contribution in [2.75, 3.05) is 13.2 Å². The van der Waals surface area contributed by atoms with Crippen LogP contribution in [0.15, 0.2) is 16.6 Å². The van der Waals surface area contributed by atoms with Crippen LogP contribution in [-0.4, -0.2) is 25.2 Å². The standard InChI is InChI=1S/C16H23BrN2O3.ClH/c1-2-21-14-8-11(9-19-12-5-3-4-6-12)7-13(17)16(14)22-10-15(18)20;/h7-8,12,19H,2-6,9-10H2,1H3,(H2,18,20);1H. The molecule has 0 heterocycles. The molecule has 0 aromatic heterocycles. The third kappa shape index (κ3) is 6.20. The van der Waals surface area contributed by atoms with Crippen LogP contribution in [0.3, 0.4) is 0 Å². The number of amides is 1. The van der Waals surface area contributed by atoms with Gasteiger partial charge in [-0.1, -0.05) is 12.8 Å². The average Bonchev–Trinajstić information content (AvgIpc) is 2.97. The molecule has 23 heavy (non-hydrogen) atoms. The van der Waals surface area contributed by atoms with Gasteiger partial charge in [-0.25, -0.2) is 0 Å². The number of nitrogens with two attached hydrogens (primary N) is 1. The predicted octanol–water partition coefficient (Wildman–Crippen LogP) is 3.17. The van der Waals surface area contributed by atoms with Crippen molar-refractivity contribution in [2.45, 2.75) is 45.2 Å². The summed E-state index contributed by atoms with van der Waals surface area (Å²) in [5, 5.41) is 3.57. The van der Waals surface area contributed by atoms with Crippen LogP contribution in [0.5, 0.6) is 11.5 Å². The molecular weight excluding hydrogens is 384 g/mol. The lowest BCUT2D eigenvalue weighted by molar-refractivity contribution is -0.119. The highest BCUT2D eigenvalue weighted by molar-refractivity contribution is 9.10. The van der Waals surface area contributed by atoms with Crippen LogP contribution in [0, 0.1) is 0 Å². The van der Waals surface area contributed by atoms with Crippen LogP contribution in [0.25, 0.3) is 0 Å². The van der Waals surface area contributed by atoms with Gasteiger partial charge in [-0.15, -0.1) is 12.4 Å². The van der Waals surface area contributed by atoms with E-state index in [2.05, 4.69) is 21.2 Å². The first-order valence-electron chi connectivity index (χ1n) is 7.70. The number of carbonyl (C=O) groups is 1. The quantitative estimate of drug-likeness (QED) is 0.694. The molecule has 0 bridgehead atoms. The highest BCUT2D eigenvalue weighted by Gasteiger charge is 2.16. The normalized spacial score (nSPS) is 14.3. The van der Waals surface area contributed by atoms with Crippen molar-refractivity contribution in [3.63, 3.8) is 0 Å². The second kappa shape index (κ2) is 10.0. The Morgan fingerprint density at radius 2 is 2.04 bits per heavy atom. The lowest BCUT2D eigenvalue weighted by Crippen LogP contribution is -2.25. The molecular formula is C16H24BrClN2O3. The third-order valence-electron chi connectivity index (χ3n) is 3.68. The smallest absolute Gasteiger partial charge is 0.255 e. The van der Waals surface area contributed by atoms with Crippen LogP contribution < -0.4 is 20.5 Å². The fraction of sp³-hybridized carbons (Fsp3) is 0.562. The lowest BCUT2D eigenvalue weighted by atomic mass is 10.1. The van der Waals surface area contributed by atoms with Crippen LogP contribution >= 0.6 is 28.3 Å². The Labute approximate surface area is 151 Å². The van der Waals surface area contributed by atoms with Gasteiger partial charge in [-0.2, -0.15) is 0 Å². The Hall–Kier alpha value is -0.980. The number of nitrogens with one attached hydrogen (secondary N) is 1. The van der Waals surface area contributed by atoms with Crippen molar-refractivity contribution in [3.05, 3.63) is 22.2 Å². The molecule has 0 spiro atoms. The van der Waals surface area contributed by atoms with E-state index in [0.717, 1.165) is 16.6 Å². The van der Waals surface area contributed by atoms with Crippen LogP contribution in [0.2, 0.25) is 0 Å². The molecule has 2 rings (SSSR count). The molecule has 1 aliphatic carbocycles. The van der Waals surface area contributed by atoms with E-state index in [-0.39, 0.29) is 19.0 Å². The zero-order chi connectivity index (χ0) is 15.9. The largest absolute Gasteiger partial charge is 0.490 e. The van der Waals surface area contributed by atoms with Gasteiger partial charge in [0.05, 0.1) is 11.1 Å². The predicted molar refractivity (Wildman–Crippen MR) is 96.3 cm³/mol. The number of primary amides is 1. The number of ether oxygens (including phenoxy) is 2. The fourth-order valence-corrected chi connectivity index (χ4v) is 3.27. The molecule has 7 heteroatoms. The van der Waals surface area contributed by atoms with Gasteiger partial charge in [-0.3, -0.25) is 4.79 Å². The van der Waals surface area contributed by atoms with E-state index in [4.69, 9.17) is 15.2 Å². The highest BCUT2D eigenvalue weighted by atomic mass is 79.9. The van der Waals surface area contributed by atoms with Gasteiger partial charge in [-0.05, 0) is 53.4 Å². The molecule has 0 saturated heterocycles. The summed E-state index contributed by atoms with van der Waals surface area (Å²) in [6, 6.07) is 4.55. The molecule has 1 aromatic rings. The summed E-state index contributed by atoms with van der Waals surface area (Å²) in [6.07, 6.45) is 5.12. The van der Waals surface area contributed by atoms with E-state index >= 15 is 0 Å². The van der Waals surface area contributed by atoms with Crippen molar-refractivity contribution < 1.29 is 14.3 Å². The van der Waals surface area contributed by atoms with Crippen molar-refractivity contribution in [1.29, 1.82) is 0 Å². The molecule has 1 aliphatic rings. The third-order valence-corrected chi connectivity index (χ3v) is 4.27. The van der Waals surface area contributed by atoms with E-state index in [1.165, 1.54) is 25.7 Å². The summed E-state index contributed by atoms with van der Waals surface area (Å²) < 4.78 is 11.8. The van der Waals surface area contributed by atoms with Crippen molar-refractivity contribution in [1.82, 2.24) is 5.32 Å². The molecule has 3 N–H and O–H groups in total. The Morgan fingerprint density at radius 3 is 2.65 bits per heavy atom. The Bertz CT molecular complexity index is 522. The second-order valence-electron chi connectivity index (χ2n) is 5.46. The van der Waals surface area contributed by atoms with Crippen molar-refractivity contribution >= 4 is 34.2 Å². The van der Waals surface area contributed by atoms with E-state index in [0.29, 0.717) is 24.1 Å². The first-order chi connectivity index (χ1) is 10.6. The minimum Gasteiger partial charge on any atom is -0.490 e. The topological polar surface area (TPSA) is 73.6 Å². The van der Waals surface area contributed by atoms with Gasteiger partial charge in [0, 0.05) is 12.6 Å². The molecule has 1 aromatic carbocycles. The van der Waals surface area contributed by atoms with E-state index in [9.17, 15) is 4.79 Å². The maximum atomic E-state index is 10.9. The van der Waals surface area contributed by atoms with Gasteiger partial charge in [0.2, 0.25) is 0 Å². The van der Waals surface area contributed by atoms with E-state index in [1.807, 2.05) is 19.1 Å². The fourth-order valence-electron chi connectivity index (χ4n) is 2.66. The molecule has 0 atom stereocenters. The molecule has 5 nitrogen and oxygen atoms in total. The van der Waals surface area contributed by atoms with Gasteiger partial charge < -0.3 is 20.5 Å². The molecule has 0 unspecified atom stereocenters. The van der Waals surface area contributed by atoms with E-state index < -0.39 is 5.91 Å². The second-order valence-corrected chi connectivity index (χ2v) is 6.31. The summed E-state index contributed by atoms with van der Waals surface area (Å²) in [7, 11) is 0. The summed E-state index contributed by atoms with van der Waals surface area (Å²) in [5.74, 6) is 0.632. The Balaban J connectivity index is 0.00000264. The minimum atomic E-state index is -0.513. The van der Waals surface area contributed by atoms with Crippen LogP contribution in [-0.2, 0) is 11.3 Å². The van der Waals surface area contributed by atoms with Crippen LogP contribution in [0.4, 0.5) is 0 Å². The Kier molecular flexibility index (Phi) is 8.73. The average molecular weight is 408 g/mol. The monoisotopic (exact) mass is 406 g/mol. The number of hydrogen-bond acceptors (Lipinski definition) is 4. The number of halogens is 2. The SMILES string of the molecule is CCOc1cc(CNC2CCCC2)cc(Br)c1OCC(N)=O.Cl. The zero-order valence-corrected chi connectivity index (χ0v) is 15.7. The molecule has 130 valence electrons. The number of hydrogen-bond donors (Lipinski definition) is 2. The minimum absolute atomic E-state index is 0. The number of benzene rings is 1. The van der Waals surface area contributed by atoms with Gasteiger partial charge in [0.1, 0.15) is 0 Å². The summed E-state index contributed by atoms with van der Waals surface area (Å²) in [5.41, 5.74) is 6.25. The maximum Gasteiger partial charge on any atom is 0.255 e. The summed E-state index contributed by atoms with van der Waals surface area (Å²) in [6.45, 7) is 3.06. The van der Waals surface area contributed by atoms with Gasteiger partial charge >= 0.3 is 0 Å². The maximum absolute atomic E-state index is 10.9. The van der Waals surface area contributed by atoms with Crippen molar-refractivity contribution in [3.8, 4) is 11.5 Å². The molecule has 0 radical (unpaired) electrons. The van der Waals surface area contributed by atoms with E-state index in [1.54, 1.807) is 0 Å². The van der Waals surface area contributed by atoms with Gasteiger partial charge in [0.25, 0.3) is 5.91 Å². The molecule has 0 aliphatic heterocycles. The summed E-state index contributed by atoms with van der Waals surface area (Å²) in [4.78, 5) is 10.9. The Morgan fingerprint density at radius 1 is 1.35 bits per heavy atom. The van der Waals surface area contributed by atoms with Crippen molar-refractivity contribution in [2.24, 2.45) is 5.73 Å². The first kappa shape index (κ1) is 20.1. The summed E-state index contributed by atoms with van der Waals surface area (Å²) >= 11 is 3.49. The molecule has 1 amide bonds. The number of rotatable bonds is 8. The van der Waals surface area contributed by atoms with Crippen LogP contribution in [0.1, 0.15) is 38.2 Å². The lowest BCUT2D eigenvalue weighted by Gasteiger charge is -2.16.